The molecule has 29 heavy (non-hydrogen) atoms. The van der Waals surface area contributed by atoms with Gasteiger partial charge in [-0.2, -0.15) is 4.98 Å². The molecule has 1 amide bonds. The highest BCUT2D eigenvalue weighted by Crippen LogP contribution is 2.32. The molecule has 7 nitrogen and oxygen atoms in total. The fourth-order valence-corrected chi connectivity index (χ4v) is 3.19. The number of hydrogen-bond acceptors (Lipinski definition) is 6. The van der Waals surface area contributed by atoms with Crippen molar-refractivity contribution in [3.8, 4) is 11.7 Å². The predicted molar refractivity (Wildman–Crippen MR) is 108 cm³/mol. The first-order valence-corrected chi connectivity index (χ1v) is 9.54. The Labute approximate surface area is 168 Å². The molecule has 0 aliphatic carbocycles. The molecule has 7 heteroatoms. The zero-order valence-electron chi connectivity index (χ0n) is 16.5. The Balaban J connectivity index is 1.44. The van der Waals surface area contributed by atoms with Crippen LogP contribution in [0, 0.1) is 6.92 Å². The third kappa shape index (κ3) is 3.76. The van der Waals surface area contributed by atoms with Gasteiger partial charge in [0.2, 0.25) is 5.91 Å². The van der Waals surface area contributed by atoms with Gasteiger partial charge >= 0.3 is 0 Å². The number of aryl methyl sites for hydroxylation is 1. The molecule has 0 spiro atoms. The largest absolute Gasteiger partial charge is 0.451 e. The second-order valence-corrected chi connectivity index (χ2v) is 7.16. The Kier molecular flexibility index (Phi) is 5.12. The van der Waals surface area contributed by atoms with Crippen molar-refractivity contribution >= 4 is 16.9 Å². The topological polar surface area (TPSA) is 94.1 Å². The third-order valence-electron chi connectivity index (χ3n) is 5.08. The second kappa shape index (κ2) is 7.87. The Morgan fingerprint density at radius 3 is 2.76 bits per heavy atom. The number of rotatable bonds is 6. The van der Waals surface area contributed by atoms with E-state index in [-0.39, 0.29) is 17.7 Å². The van der Waals surface area contributed by atoms with E-state index < -0.39 is 0 Å². The summed E-state index contributed by atoms with van der Waals surface area (Å²) in [5, 5.41) is 8.05. The molecule has 0 saturated heterocycles. The van der Waals surface area contributed by atoms with Crippen LogP contribution in [0.1, 0.15) is 42.6 Å². The molecular weight excluding hydrogens is 368 g/mol. The van der Waals surface area contributed by atoms with E-state index in [0.717, 1.165) is 22.1 Å². The Morgan fingerprint density at radius 1 is 1.17 bits per heavy atom. The summed E-state index contributed by atoms with van der Waals surface area (Å²) in [4.78, 5) is 21.0. The molecule has 148 valence electrons. The number of benzene rings is 1. The van der Waals surface area contributed by atoms with Crippen molar-refractivity contribution in [3.05, 3.63) is 65.7 Å². The van der Waals surface area contributed by atoms with E-state index in [9.17, 15) is 4.79 Å². The first-order chi connectivity index (χ1) is 14.0. The molecule has 0 radical (unpaired) electrons. The van der Waals surface area contributed by atoms with E-state index in [0.29, 0.717) is 24.0 Å². The Hall–Kier alpha value is -3.48. The summed E-state index contributed by atoms with van der Waals surface area (Å²) in [7, 11) is 0. The van der Waals surface area contributed by atoms with Gasteiger partial charge in [0, 0.05) is 35.8 Å². The number of fused-ring (bicyclic) bond motifs is 1. The van der Waals surface area contributed by atoms with Crippen LogP contribution in [0.3, 0.4) is 0 Å². The average Bonchev–Trinajstić information content (AvgIpc) is 3.37. The molecule has 3 heterocycles. The van der Waals surface area contributed by atoms with Gasteiger partial charge < -0.3 is 14.3 Å². The van der Waals surface area contributed by atoms with E-state index >= 15 is 0 Å². The van der Waals surface area contributed by atoms with Crippen molar-refractivity contribution in [1.29, 1.82) is 0 Å². The molecule has 4 rings (SSSR count). The molecule has 1 aromatic carbocycles. The minimum atomic E-state index is -0.282. The lowest BCUT2D eigenvalue weighted by Crippen LogP contribution is -2.31. The third-order valence-corrected chi connectivity index (χ3v) is 5.08. The van der Waals surface area contributed by atoms with E-state index in [2.05, 4.69) is 20.4 Å². The lowest BCUT2D eigenvalue weighted by atomic mass is 10.0. The maximum atomic E-state index is 12.4. The summed E-state index contributed by atoms with van der Waals surface area (Å²) in [5.74, 6) is 0.982. The summed E-state index contributed by atoms with van der Waals surface area (Å²) < 4.78 is 11.3. The van der Waals surface area contributed by atoms with Crippen LogP contribution in [0.15, 0.2) is 57.7 Å². The molecule has 0 saturated carbocycles. The molecule has 0 aliphatic heterocycles. The van der Waals surface area contributed by atoms with Crippen molar-refractivity contribution in [2.45, 2.75) is 32.6 Å². The Bertz CT molecular complexity index is 1130. The summed E-state index contributed by atoms with van der Waals surface area (Å²) >= 11 is 0. The molecule has 2 unspecified atom stereocenters. The van der Waals surface area contributed by atoms with Crippen LogP contribution in [0.4, 0.5) is 0 Å². The predicted octanol–water partition coefficient (Wildman–Crippen LogP) is 4.21. The average molecular weight is 390 g/mol. The molecule has 0 aliphatic rings. The van der Waals surface area contributed by atoms with Crippen molar-refractivity contribution in [2.24, 2.45) is 0 Å². The van der Waals surface area contributed by atoms with E-state index in [1.807, 2.05) is 57.2 Å². The number of aromatic nitrogens is 3. The summed E-state index contributed by atoms with van der Waals surface area (Å²) in [6.07, 6.45) is 3.39. The number of furan rings is 1. The number of nitrogens with one attached hydrogen (secondary N) is 1. The highest BCUT2D eigenvalue weighted by molar-refractivity contribution is 5.86. The number of hydrogen-bond donors (Lipinski definition) is 1. The molecule has 2 atom stereocenters. The Morgan fingerprint density at radius 2 is 2.00 bits per heavy atom. The number of para-hydroxylation sites is 1. The molecule has 3 aromatic heterocycles. The maximum Gasteiger partial charge on any atom is 0.293 e. The lowest BCUT2D eigenvalue weighted by Gasteiger charge is -2.14. The first-order valence-electron chi connectivity index (χ1n) is 9.54. The standard InChI is InChI=1S/C22H22N4O3/c1-13(11-24-21(27)14(2)16-7-6-10-23-12-16)20-25-22(29-26-20)19-15(3)17-8-4-5-9-18(17)28-19/h4-10,12-14H,11H2,1-3H3,(H,24,27). The zero-order chi connectivity index (χ0) is 20.4. The van der Waals surface area contributed by atoms with Crippen molar-refractivity contribution in [2.75, 3.05) is 6.54 Å². The number of carbonyl (C=O) groups is 1. The molecular formula is C22H22N4O3. The number of carbonyl (C=O) groups excluding carboxylic acids is 1. The minimum absolute atomic E-state index is 0.0679. The highest BCUT2D eigenvalue weighted by atomic mass is 16.5. The highest BCUT2D eigenvalue weighted by Gasteiger charge is 2.22. The number of pyridine rings is 1. The SMILES string of the molecule is Cc1c(-c2nc(C(C)CNC(=O)C(C)c3cccnc3)no2)oc2ccccc12. The van der Waals surface area contributed by atoms with Gasteiger partial charge in [0.05, 0.1) is 5.92 Å². The molecule has 0 fully saturated rings. The van der Waals surface area contributed by atoms with Crippen LogP contribution in [-0.2, 0) is 4.79 Å². The fraction of sp³-hybridized carbons (Fsp3) is 0.273. The van der Waals surface area contributed by atoms with Gasteiger partial charge in [-0.1, -0.05) is 36.3 Å². The van der Waals surface area contributed by atoms with Crippen LogP contribution in [-0.4, -0.2) is 27.6 Å². The van der Waals surface area contributed by atoms with Gasteiger partial charge in [-0.05, 0) is 31.5 Å². The van der Waals surface area contributed by atoms with Crippen LogP contribution in [0.5, 0.6) is 0 Å². The van der Waals surface area contributed by atoms with E-state index in [4.69, 9.17) is 8.94 Å². The maximum absolute atomic E-state index is 12.4. The van der Waals surface area contributed by atoms with Crippen molar-refractivity contribution in [3.63, 3.8) is 0 Å². The minimum Gasteiger partial charge on any atom is -0.451 e. The second-order valence-electron chi connectivity index (χ2n) is 7.16. The van der Waals surface area contributed by atoms with Gasteiger partial charge in [-0.15, -0.1) is 0 Å². The van der Waals surface area contributed by atoms with Crippen LogP contribution in [0.2, 0.25) is 0 Å². The number of nitrogens with zero attached hydrogens (tertiary/aromatic N) is 3. The molecule has 0 bridgehead atoms. The fourth-order valence-electron chi connectivity index (χ4n) is 3.19. The van der Waals surface area contributed by atoms with Crippen LogP contribution in [0.25, 0.3) is 22.6 Å². The van der Waals surface area contributed by atoms with Crippen molar-refractivity contribution < 1.29 is 13.7 Å². The summed E-state index contributed by atoms with van der Waals surface area (Å²) in [6.45, 7) is 6.17. The molecule has 4 aromatic rings. The van der Waals surface area contributed by atoms with Gasteiger partial charge in [0.25, 0.3) is 5.89 Å². The van der Waals surface area contributed by atoms with E-state index in [1.165, 1.54) is 0 Å². The quantitative estimate of drug-likeness (QED) is 0.530. The smallest absolute Gasteiger partial charge is 0.293 e. The van der Waals surface area contributed by atoms with Crippen LogP contribution < -0.4 is 5.32 Å². The normalized spacial score (nSPS) is 13.3. The first kappa shape index (κ1) is 18.9. The molecule has 1 N–H and O–H groups in total. The lowest BCUT2D eigenvalue weighted by molar-refractivity contribution is -0.122. The van der Waals surface area contributed by atoms with Gasteiger partial charge in [-0.3, -0.25) is 9.78 Å². The monoisotopic (exact) mass is 390 g/mol. The number of amides is 1. The van der Waals surface area contributed by atoms with Gasteiger partial charge in [-0.25, -0.2) is 0 Å². The van der Waals surface area contributed by atoms with Gasteiger partial charge in [0.15, 0.2) is 11.6 Å². The van der Waals surface area contributed by atoms with Crippen molar-refractivity contribution in [1.82, 2.24) is 20.4 Å². The summed E-state index contributed by atoms with van der Waals surface area (Å²) in [6, 6.07) is 11.5. The zero-order valence-corrected chi connectivity index (χ0v) is 16.5. The van der Waals surface area contributed by atoms with Crippen LogP contribution >= 0.6 is 0 Å². The summed E-state index contributed by atoms with van der Waals surface area (Å²) in [5.41, 5.74) is 2.62. The van der Waals surface area contributed by atoms with Gasteiger partial charge in [0.1, 0.15) is 5.58 Å². The van der Waals surface area contributed by atoms with E-state index in [1.54, 1.807) is 12.4 Å².